The SMILES string of the molecule is CC(NCCCN1CCN(C)CC1)c1ccc(F)cn1. The van der Waals surface area contributed by atoms with Gasteiger partial charge in [0.2, 0.25) is 0 Å². The highest BCUT2D eigenvalue weighted by molar-refractivity contribution is 5.08. The molecule has 0 spiro atoms. The van der Waals surface area contributed by atoms with E-state index in [1.807, 2.05) is 0 Å². The number of halogens is 1. The molecule has 0 aromatic carbocycles. The van der Waals surface area contributed by atoms with E-state index in [1.54, 1.807) is 6.07 Å². The predicted molar refractivity (Wildman–Crippen MR) is 79.2 cm³/mol. The summed E-state index contributed by atoms with van der Waals surface area (Å²) in [6.45, 7) is 8.86. The topological polar surface area (TPSA) is 31.4 Å². The Hall–Kier alpha value is -1.04. The number of likely N-dealkylation sites (N-methyl/N-ethyl adjacent to an activating group) is 1. The highest BCUT2D eigenvalue weighted by Gasteiger charge is 2.13. The van der Waals surface area contributed by atoms with Crippen molar-refractivity contribution in [3.8, 4) is 0 Å². The van der Waals surface area contributed by atoms with Crippen LogP contribution < -0.4 is 5.32 Å². The molecule has 2 rings (SSSR count). The Morgan fingerprint density at radius 2 is 2.05 bits per heavy atom. The van der Waals surface area contributed by atoms with Crippen molar-refractivity contribution in [3.05, 3.63) is 29.8 Å². The lowest BCUT2D eigenvalue weighted by atomic mass is 10.2. The maximum absolute atomic E-state index is 12.8. The number of piperazine rings is 1. The first-order chi connectivity index (χ1) is 9.65. The average Bonchev–Trinajstić information content (AvgIpc) is 2.46. The van der Waals surface area contributed by atoms with Crippen molar-refractivity contribution >= 4 is 0 Å². The predicted octanol–water partition coefficient (Wildman–Crippen LogP) is 1.51. The van der Waals surface area contributed by atoms with E-state index in [1.165, 1.54) is 38.4 Å². The second-order valence-corrected chi connectivity index (χ2v) is 5.58. The third-order valence-corrected chi connectivity index (χ3v) is 3.89. The Labute approximate surface area is 121 Å². The number of rotatable bonds is 6. The first-order valence-corrected chi connectivity index (χ1v) is 7.41. The van der Waals surface area contributed by atoms with Gasteiger partial charge in [-0.2, -0.15) is 0 Å². The summed E-state index contributed by atoms with van der Waals surface area (Å²) in [6, 6.07) is 3.38. The van der Waals surface area contributed by atoms with Gasteiger partial charge in [0.1, 0.15) is 5.82 Å². The van der Waals surface area contributed by atoms with Crippen LogP contribution in [-0.4, -0.2) is 61.1 Å². The maximum atomic E-state index is 12.8. The van der Waals surface area contributed by atoms with Crippen molar-refractivity contribution in [3.63, 3.8) is 0 Å². The lowest BCUT2D eigenvalue weighted by molar-refractivity contribution is 0.152. The number of pyridine rings is 1. The zero-order valence-corrected chi connectivity index (χ0v) is 12.5. The van der Waals surface area contributed by atoms with Crippen molar-refractivity contribution in [1.29, 1.82) is 0 Å². The molecule has 112 valence electrons. The molecule has 1 N–H and O–H groups in total. The van der Waals surface area contributed by atoms with Gasteiger partial charge in [-0.25, -0.2) is 4.39 Å². The fourth-order valence-corrected chi connectivity index (χ4v) is 2.44. The fraction of sp³-hybridized carbons (Fsp3) is 0.667. The Morgan fingerprint density at radius 3 is 2.70 bits per heavy atom. The van der Waals surface area contributed by atoms with Crippen LogP contribution in [0.25, 0.3) is 0 Å². The normalized spacial score (nSPS) is 19.1. The molecule has 1 aliphatic heterocycles. The molecular formula is C15H25FN4. The molecule has 4 nitrogen and oxygen atoms in total. The molecule has 1 aromatic heterocycles. The number of hydrogen-bond donors (Lipinski definition) is 1. The molecule has 0 bridgehead atoms. The molecule has 0 amide bonds. The zero-order valence-electron chi connectivity index (χ0n) is 12.5. The van der Waals surface area contributed by atoms with Gasteiger partial charge in [0.25, 0.3) is 0 Å². The highest BCUT2D eigenvalue weighted by atomic mass is 19.1. The molecule has 1 atom stereocenters. The summed E-state index contributed by atoms with van der Waals surface area (Å²) < 4.78 is 12.8. The molecule has 5 heteroatoms. The highest BCUT2D eigenvalue weighted by Crippen LogP contribution is 2.09. The van der Waals surface area contributed by atoms with Crippen LogP contribution in [0.15, 0.2) is 18.3 Å². The van der Waals surface area contributed by atoms with Gasteiger partial charge < -0.3 is 15.1 Å². The van der Waals surface area contributed by atoms with E-state index in [0.29, 0.717) is 0 Å². The summed E-state index contributed by atoms with van der Waals surface area (Å²) in [4.78, 5) is 8.99. The van der Waals surface area contributed by atoms with Gasteiger partial charge in [-0.1, -0.05) is 0 Å². The van der Waals surface area contributed by atoms with Crippen LogP contribution in [0.4, 0.5) is 4.39 Å². The van der Waals surface area contributed by atoms with Crippen LogP contribution in [0.2, 0.25) is 0 Å². The van der Waals surface area contributed by atoms with Gasteiger partial charge in [0, 0.05) is 32.2 Å². The Bertz CT molecular complexity index is 387. The molecule has 1 fully saturated rings. The number of nitrogens with one attached hydrogen (secondary N) is 1. The molecule has 0 radical (unpaired) electrons. The van der Waals surface area contributed by atoms with Crippen molar-refractivity contribution in [1.82, 2.24) is 20.1 Å². The third kappa shape index (κ3) is 4.81. The quantitative estimate of drug-likeness (QED) is 0.800. The largest absolute Gasteiger partial charge is 0.309 e. The van der Waals surface area contributed by atoms with E-state index < -0.39 is 0 Å². The molecule has 0 saturated carbocycles. The van der Waals surface area contributed by atoms with E-state index in [-0.39, 0.29) is 11.9 Å². The minimum atomic E-state index is -0.281. The molecule has 0 aliphatic carbocycles. The average molecular weight is 280 g/mol. The second kappa shape index (κ2) is 7.67. The lowest BCUT2D eigenvalue weighted by Crippen LogP contribution is -2.45. The summed E-state index contributed by atoms with van der Waals surface area (Å²) in [5, 5.41) is 3.44. The van der Waals surface area contributed by atoms with Crippen LogP contribution in [-0.2, 0) is 0 Å². The van der Waals surface area contributed by atoms with Crippen molar-refractivity contribution in [2.45, 2.75) is 19.4 Å². The van der Waals surface area contributed by atoms with Crippen molar-refractivity contribution in [2.75, 3.05) is 46.3 Å². The van der Waals surface area contributed by atoms with Crippen LogP contribution in [0.5, 0.6) is 0 Å². The molecule has 20 heavy (non-hydrogen) atoms. The van der Waals surface area contributed by atoms with Gasteiger partial charge in [0.15, 0.2) is 0 Å². The van der Waals surface area contributed by atoms with E-state index in [9.17, 15) is 4.39 Å². The van der Waals surface area contributed by atoms with Gasteiger partial charge in [-0.05, 0) is 45.6 Å². The maximum Gasteiger partial charge on any atom is 0.141 e. The lowest BCUT2D eigenvalue weighted by Gasteiger charge is -2.32. The molecule has 1 aliphatic rings. The Kier molecular flexibility index (Phi) is 5.88. The molecular weight excluding hydrogens is 255 g/mol. The fourth-order valence-electron chi connectivity index (χ4n) is 2.44. The van der Waals surface area contributed by atoms with Gasteiger partial charge >= 0.3 is 0 Å². The van der Waals surface area contributed by atoms with Gasteiger partial charge in [0.05, 0.1) is 11.9 Å². The summed E-state index contributed by atoms with van der Waals surface area (Å²) in [6.07, 6.45) is 2.41. The number of aromatic nitrogens is 1. The van der Waals surface area contributed by atoms with Crippen LogP contribution in [0.1, 0.15) is 25.1 Å². The molecule has 2 heterocycles. The Morgan fingerprint density at radius 1 is 1.30 bits per heavy atom. The number of hydrogen-bond acceptors (Lipinski definition) is 4. The van der Waals surface area contributed by atoms with Crippen LogP contribution in [0, 0.1) is 5.82 Å². The molecule has 1 unspecified atom stereocenters. The zero-order chi connectivity index (χ0) is 14.4. The summed E-state index contributed by atoms with van der Waals surface area (Å²) in [5.41, 5.74) is 0.894. The molecule has 1 saturated heterocycles. The minimum Gasteiger partial charge on any atom is -0.309 e. The van der Waals surface area contributed by atoms with E-state index in [0.717, 1.165) is 25.2 Å². The third-order valence-electron chi connectivity index (χ3n) is 3.89. The summed E-state index contributed by atoms with van der Waals surface area (Å²) in [5.74, 6) is -0.281. The summed E-state index contributed by atoms with van der Waals surface area (Å²) >= 11 is 0. The van der Waals surface area contributed by atoms with E-state index in [2.05, 4.69) is 34.1 Å². The van der Waals surface area contributed by atoms with Crippen LogP contribution in [0.3, 0.4) is 0 Å². The van der Waals surface area contributed by atoms with Crippen molar-refractivity contribution < 1.29 is 4.39 Å². The number of nitrogens with zero attached hydrogens (tertiary/aromatic N) is 3. The standard InChI is InChI=1S/C15H25FN4/c1-13(15-5-4-14(16)12-18-15)17-6-3-7-20-10-8-19(2)9-11-20/h4-5,12-13,17H,3,6-11H2,1-2H3. The Balaban J connectivity index is 1.62. The first-order valence-electron chi connectivity index (χ1n) is 7.41. The second-order valence-electron chi connectivity index (χ2n) is 5.58. The smallest absolute Gasteiger partial charge is 0.141 e. The first kappa shape index (κ1) is 15.4. The van der Waals surface area contributed by atoms with Gasteiger partial charge in [-0.3, -0.25) is 4.98 Å². The summed E-state index contributed by atoms with van der Waals surface area (Å²) in [7, 11) is 2.18. The minimum absolute atomic E-state index is 0.170. The van der Waals surface area contributed by atoms with E-state index in [4.69, 9.17) is 0 Å². The van der Waals surface area contributed by atoms with Gasteiger partial charge in [-0.15, -0.1) is 0 Å². The van der Waals surface area contributed by atoms with Crippen molar-refractivity contribution in [2.24, 2.45) is 0 Å². The van der Waals surface area contributed by atoms with E-state index >= 15 is 0 Å². The van der Waals surface area contributed by atoms with Crippen LogP contribution >= 0.6 is 0 Å². The molecule has 1 aromatic rings. The monoisotopic (exact) mass is 280 g/mol.